The Morgan fingerprint density at radius 3 is 2.91 bits per heavy atom. The van der Waals surface area contributed by atoms with Gasteiger partial charge < -0.3 is 14.6 Å². The first-order chi connectivity index (χ1) is 10.6. The maximum atomic E-state index is 12.8. The fraction of sp³-hybridized carbons (Fsp3) is 0.375. The SMILES string of the molecule is COc1cccc(N2C(=O)C3C4C=CC(CO)(O4)C3C2=O)c1. The molecule has 4 rings (SSSR count). The Kier molecular flexibility index (Phi) is 2.70. The topological polar surface area (TPSA) is 76.1 Å². The average molecular weight is 301 g/mol. The molecular weight excluding hydrogens is 286 g/mol. The number of rotatable bonds is 3. The summed E-state index contributed by atoms with van der Waals surface area (Å²) in [6.07, 6.45) is 3.03. The fourth-order valence-corrected chi connectivity index (χ4v) is 3.69. The molecule has 2 saturated heterocycles. The molecule has 3 heterocycles. The van der Waals surface area contributed by atoms with Crippen LogP contribution in [0.5, 0.6) is 5.75 Å². The molecule has 6 heteroatoms. The van der Waals surface area contributed by atoms with Gasteiger partial charge in [0.05, 0.1) is 37.3 Å². The molecule has 3 aliphatic heterocycles. The van der Waals surface area contributed by atoms with Gasteiger partial charge in [-0.3, -0.25) is 9.59 Å². The lowest BCUT2D eigenvalue weighted by molar-refractivity contribution is -0.128. The van der Waals surface area contributed by atoms with Gasteiger partial charge in [0.1, 0.15) is 11.4 Å². The number of hydrogen-bond donors (Lipinski definition) is 1. The van der Waals surface area contributed by atoms with E-state index in [0.717, 1.165) is 0 Å². The van der Waals surface area contributed by atoms with Crippen molar-refractivity contribution >= 4 is 17.5 Å². The number of methoxy groups -OCH3 is 1. The highest BCUT2D eigenvalue weighted by Gasteiger charge is 2.67. The maximum absolute atomic E-state index is 12.8. The molecule has 22 heavy (non-hydrogen) atoms. The van der Waals surface area contributed by atoms with Gasteiger partial charge in [0.15, 0.2) is 0 Å². The van der Waals surface area contributed by atoms with Crippen molar-refractivity contribution in [3.63, 3.8) is 0 Å². The fourth-order valence-electron chi connectivity index (χ4n) is 3.69. The number of fused-ring (bicyclic) bond motifs is 5. The van der Waals surface area contributed by atoms with Gasteiger partial charge in [-0.1, -0.05) is 18.2 Å². The number of carbonyl (C=O) groups excluding carboxylic acids is 2. The van der Waals surface area contributed by atoms with Crippen LogP contribution in [0.25, 0.3) is 0 Å². The van der Waals surface area contributed by atoms with E-state index in [1.54, 1.807) is 36.4 Å². The van der Waals surface area contributed by atoms with Crippen molar-refractivity contribution in [2.24, 2.45) is 11.8 Å². The van der Waals surface area contributed by atoms with Crippen LogP contribution in [0.2, 0.25) is 0 Å². The number of hydrogen-bond acceptors (Lipinski definition) is 5. The number of imide groups is 1. The molecule has 0 aromatic heterocycles. The zero-order chi connectivity index (χ0) is 15.5. The number of carbonyl (C=O) groups is 2. The van der Waals surface area contributed by atoms with Gasteiger partial charge in [-0.25, -0.2) is 4.90 Å². The van der Waals surface area contributed by atoms with E-state index in [2.05, 4.69) is 0 Å². The molecule has 1 N–H and O–H groups in total. The summed E-state index contributed by atoms with van der Waals surface area (Å²) in [4.78, 5) is 26.7. The molecule has 4 atom stereocenters. The number of benzene rings is 1. The Hall–Kier alpha value is -2.18. The summed E-state index contributed by atoms with van der Waals surface area (Å²) in [5.41, 5.74) is -0.577. The second kappa shape index (κ2) is 4.41. The summed E-state index contributed by atoms with van der Waals surface area (Å²) >= 11 is 0. The summed E-state index contributed by atoms with van der Waals surface area (Å²) in [6, 6.07) is 6.83. The normalized spacial score (nSPS) is 35.4. The van der Waals surface area contributed by atoms with E-state index < -0.39 is 23.5 Å². The second-order valence-electron chi connectivity index (χ2n) is 5.77. The number of anilines is 1. The lowest BCUT2D eigenvalue weighted by atomic mass is 9.77. The van der Waals surface area contributed by atoms with E-state index in [1.165, 1.54) is 12.0 Å². The van der Waals surface area contributed by atoms with Crippen LogP contribution in [0, 0.1) is 11.8 Å². The molecule has 4 unspecified atom stereocenters. The van der Waals surface area contributed by atoms with Gasteiger partial charge in [-0.15, -0.1) is 0 Å². The summed E-state index contributed by atoms with van der Waals surface area (Å²) in [6.45, 7) is -0.313. The van der Waals surface area contributed by atoms with E-state index in [1.807, 2.05) is 0 Å². The minimum atomic E-state index is -1.06. The number of amides is 2. The first-order valence-corrected chi connectivity index (χ1v) is 7.11. The quantitative estimate of drug-likeness (QED) is 0.650. The maximum Gasteiger partial charge on any atom is 0.241 e. The highest BCUT2D eigenvalue weighted by Crippen LogP contribution is 2.52. The Bertz CT molecular complexity index is 700. The van der Waals surface area contributed by atoms with Gasteiger partial charge in [0.25, 0.3) is 0 Å². The molecule has 0 aliphatic carbocycles. The van der Waals surface area contributed by atoms with Gasteiger partial charge in [0, 0.05) is 6.07 Å². The molecule has 0 saturated carbocycles. The minimum Gasteiger partial charge on any atom is -0.497 e. The third-order valence-corrected chi connectivity index (χ3v) is 4.71. The molecule has 2 bridgehead atoms. The van der Waals surface area contributed by atoms with E-state index >= 15 is 0 Å². The van der Waals surface area contributed by atoms with Crippen molar-refractivity contribution in [2.75, 3.05) is 18.6 Å². The van der Waals surface area contributed by atoms with E-state index in [0.29, 0.717) is 11.4 Å². The molecular formula is C16H15NO5. The molecule has 0 spiro atoms. The number of nitrogens with zero attached hydrogens (tertiary/aromatic N) is 1. The largest absolute Gasteiger partial charge is 0.497 e. The second-order valence-corrected chi connectivity index (χ2v) is 5.77. The van der Waals surface area contributed by atoms with Crippen molar-refractivity contribution in [3.8, 4) is 5.75 Å². The third kappa shape index (κ3) is 1.51. The standard InChI is InChI=1S/C16H15NO5/c1-21-10-4-2-3-9(7-10)17-14(19)12-11-5-6-16(8-18,22-11)13(12)15(17)20/h2-7,11-13,18H,8H2,1H3. The summed E-state index contributed by atoms with van der Waals surface area (Å²) in [5, 5.41) is 9.66. The van der Waals surface area contributed by atoms with Crippen LogP contribution in [-0.2, 0) is 14.3 Å². The van der Waals surface area contributed by atoms with Crippen molar-refractivity contribution in [2.45, 2.75) is 11.7 Å². The Morgan fingerprint density at radius 1 is 1.36 bits per heavy atom. The van der Waals surface area contributed by atoms with Gasteiger partial charge in [-0.05, 0) is 12.1 Å². The van der Waals surface area contributed by atoms with Crippen LogP contribution in [0.4, 0.5) is 5.69 Å². The molecule has 2 amide bonds. The average Bonchev–Trinajstić information content (AvgIpc) is 3.18. The lowest BCUT2D eigenvalue weighted by Crippen LogP contribution is -2.43. The molecule has 1 aromatic rings. The minimum absolute atomic E-state index is 0.284. The van der Waals surface area contributed by atoms with Crippen LogP contribution in [0.15, 0.2) is 36.4 Å². The van der Waals surface area contributed by atoms with Crippen LogP contribution < -0.4 is 9.64 Å². The number of ether oxygens (including phenoxy) is 2. The lowest BCUT2D eigenvalue weighted by Gasteiger charge is -2.26. The highest BCUT2D eigenvalue weighted by molar-refractivity contribution is 6.23. The van der Waals surface area contributed by atoms with Crippen LogP contribution in [-0.4, -0.2) is 42.3 Å². The van der Waals surface area contributed by atoms with Gasteiger partial charge in [-0.2, -0.15) is 0 Å². The molecule has 2 fully saturated rings. The first-order valence-electron chi connectivity index (χ1n) is 7.11. The molecule has 0 radical (unpaired) electrons. The molecule has 3 aliphatic rings. The molecule has 114 valence electrons. The van der Waals surface area contributed by atoms with Crippen LogP contribution in [0.3, 0.4) is 0 Å². The van der Waals surface area contributed by atoms with E-state index in [4.69, 9.17) is 9.47 Å². The van der Waals surface area contributed by atoms with Crippen LogP contribution in [0.1, 0.15) is 0 Å². The Labute approximate surface area is 126 Å². The van der Waals surface area contributed by atoms with Crippen molar-refractivity contribution < 1.29 is 24.2 Å². The zero-order valence-electron chi connectivity index (χ0n) is 11.9. The highest BCUT2D eigenvalue weighted by atomic mass is 16.5. The van der Waals surface area contributed by atoms with Gasteiger partial charge in [0.2, 0.25) is 11.8 Å². The number of aliphatic hydroxyl groups is 1. The smallest absolute Gasteiger partial charge is 0.241 e. The number of aliphatic hydroxyl groups excluding tert-OH is 1. The first kappa shape index (κ1) is 13.5. The van der Waals surface area contributed by atoms with Gasteiger partial charge >= 0.3 is 0 Å². The Morgan fingerprint density at radius 2 is 2.18 bits per heavy atom. The monoisotopic (exact) mass is 301 g/mol. The van der Waals surface area contributed by atoms with Crippen molar-refractivity contribution in [1.82, 2.24) is 0 Å². The molecule has 1 aromatic carbocycles. The summed E-state index contributed by atoms with van der Waals surface area (Å²) in [5.74, 6) is -1.26. The predicted octanol–water partition coefficient (Wildman–Crippen LogP) is 0.500. The Balaban J connectivity index is 1.76. The molecule has 6 nitrogen and oxygen atoms in total. The zero-order valence-corrected chi connectivity index (χ0v) is 11.9. The van der Waals surface area contributed by atoms with Crippen molar-refractivity contribution in [1.29, 1.82) is 0 Å². The third-order valence-electron chi connectivity index (χ3n) is 4.71. The summed E-state index contributed by atoms with van der Waals surface area (Å²) in [7, 11) is 1.53. The van der Waals surface area contributed by atoms with Crippen molar-refractivity contribution in [3.05, 3.63) is 36.4 Å². The summed E-state index contributed by atoms with van der Waals surface area (Å²) < 4.78 is 10.8. The predicted molar refractivity (Wildman–Crippen MR) is 76.3 cm³/mol. The van der Waals surface area contributed by atoms with E-state index in [-0.39, 0.29) is 18.4 Å². The van der Waals surface area contributed by atoms with Crippen LogP contribution >= 0.6 is 0 Å². The van der Waals surface area contributed by atoms with E-state index in [9.17, 15) is 14.7 Å².